The molecule has 0 spiro atoms. The third-order valence-electron chi connectivity index (χ3n) is 2.56. The zero-order valence-electron chi connectivity index (χ0n) is 12.9. The van der Waals surface area contributed by atoms with E-state index in [1.807, 2.05) is 41.5 Å². The topological polar surface area (TPSA) is 40.5 Å². The van der Waals surface area contributed by atoms with Gasteiger partial charge in [-0.25, -0.2) is 0 Å². The highest BCUT2D eigenvalue weighted by molar-refractivity contribution is 5.37. The lowest BCUT2D eigenvalue weighted by molar-refractivity contribution is 0.298. The SMILES string of the molecule is CC.CC.Cc1cc(CCO)c(C)cc1CCO. The minimum Gasteiger partial charge on any atom is -0.396 e. The molecule has 0 bridgehead atoms. The summed E-state index contributed by atoms with van der Waals surface area (Å²) in [5.41, 5.74) is 4.81. The molecule has 0 atom stereocenters. The first-order chi connectivity index (χ1) is 8.69. The van der Waals surface area contributed by atoms with Crippen LogP contribution in [0.5, 0.6) is 0 Å². The van der Waals surface area contributed by atoms with Gasteiger partial charge in [-0.15, -0.1) is 0 Å². The van der Waals surface area contributed by atoms with Gasteiger partial charge in [0.2, 0.25) is 0 Å². The largest absolute Gasteiger partial charge is 0.396 e. The summed E-state index contributed by atoms with van der Waals surface area (Å²) in [5, 5.41) is 17.7. The molecule has 0 unspecified atom stereocenters. The van der Waals surface area contributed by atoms with Gasteiger partial charge in [0.25, 0.3) is 0 Å². The zero-order valence-corrected chi connectivity index (χ0v) is 12.9. The van der Waals surface area contributed by atoms with Gasteiger partial charge in [-0.2, -0.15) is 0 Å². The van der Waals surface area contributed by atoms with Gasteiger partial charge in [-0.3, -0.25) is 0 Å². The molecule has 0 fully saturated rings. The number of rotatable bonds is 4. The molecule has 0 heterocycles. The van der Waals surface area contributed by atoms with E-state index in [1.165, 1.54) is 22.3 Å². The summed E-state index contributed by atoms with van der Waals surface area (Å²) >= 11 is 0. The second kappa shape index (κ2) is 12.6. The van der Waals surface area contributed by atoms with Gasteiger partial charge in [0.1, 0.15) is 0 Å². The Kier molecular flexibility index (Phi) is 13.6. The number of hydrogen-bond donors (Lipinski definition) is 2. The molecule has 1 aromatic carbocycles. The Morgan fingerprint density at radius 2 is 1.00 bits per heavy atom. The number of aliphatic hydroxyl groups excluding tert-OH is 2. The summed E-state index contributed by atoms with van der Waals surface area (Å²) in [6.07, 6.45) is 1.43. The van der Waals surface area contributed by atoms with Crippen molar-refractivity contribution in [1.82, 2.24) is 0 Å². The fourth-order valence-corrected chi connectivity index (χ4v) is 1.72. The minimum atomic E-state index is 0.194. The van der Waals surface area contributed by atoms with E-state index < -0.39 is 0 Å². The van der Waals surface area contributed by atoms with Gasteiger partial charge in [0.15, 0.2) is 0 Å². The van der Waals surface area contributed by atoms with Crippen molar-refractivity contribution >= 4 is 0 Å². The molecule has 0 aliphatic rings. The van der Waals surface area contributed by atoms with Crippen molar-refractivity contribution in [1.29, 1.82) is 0 Å². The number of hydrogen-bond acceptors (Lipinski definition) is 2. The molecule has 0 aliphatic carbocycles. The van der Waals surface area contributed by atoms with Gasteiger partial charge in [-0.05, 0) is 48.9 Å². The van der Waals surface area contributed by atoms with E-state index in [1.54, 1.807) is 0 Å². The van der Waals surface area contributed by atoms with Crippen molar-refractivity contribution in [3.8, 4) is 0 Å². The highest BCUT2D eigenvalue weighted by Gasteiger charge is 2.03. The lowest BCUT2D eigenvalue weighted by Gasteiger charge is -2.10. The monoisotopic (exact) mass is 254 g/mol. The number of benzene rings is 1. The fraction of sp³-hybridized carbons (Fsp3) is 0.625. The van der Waals surface area contributed by atoms with Gasteiger partial charge in [-0.1, -0.05) is 39.8 Å². The van der Waals surface area contributed by atoms with Crippen molar-refractivity contribution in [3.05, 3.63) is 34.4 Å². The third kappa shape index (κ3) is 6.77. The molecule has 1 rings (SSSR count). The predicted molar refractivity (Wildman–Crippen MR) is 80.2 cm³/mol. The molecule has 18 heavy (non-hydrogen) atoms. The Bertz CT molecular complexity index is 274. The first kappa shape index (κ1) is 19.5. The first-order valence-electron chi connectivity index (χ1n) is 6.99. The molecule has 2 nitrogen and oxygen atoms in total. The standard InChI is InChI=1S/C12H18O2.2C2H6/c1-9-7-12(4-6-14)10(2)8-11(9)3-5-13;2*1-2/h7-8,13-14H,3-6H2,1-2H3;2*1-2H3. The smallest absolute Gasteiger partial charge is 0.0471 e. The van der Waals surface area contributed by atoms with Gasteiger partial charge in [0, 0.05) is 13.2 Å². The van der Waals surface area contributed by atoms with Crippen LogP contribution in [0.4, 0.5) is 0 Å². The van der Waals surface area contributed by atoms with Crippen LogP contribution in [-0.4, -0.2) is 23.4 Å². The molecule has 2 heteroatoms. The molecule has 0 amide bonds. The Morgan fingerprint density at radius 1 is 0.722 bits per heavy atom. The van der Waals surface area contributed by atoms with E-state index >= 15 is 0 Å². The highest BCUT2D eigenvalue weighted by Crippen LogP contribution is 2.16. The molecule has 0 aliphatic heterocycles. The lowest BCUT2D eigenvalue weighted by atomic mass is 9.97. The second-order valence-electron chi connectivity index (χ2n) is 3.65. The lowest BCUT2D eigenvalue weighted by Crippen LogP contribution is -2.00. The third-order valence-corrected chi connectivity index (χ3v) is 2.56. The predicted octanol–water partition coefficient (Wildman–Crippen LogP) is 3.43. The van der Waals surface area contributed by atoms with Crippen LogP contribution in [-0.2, 0) is 12.8 Å². The van der Waals surface area contributed by atoms with E-state index in [-0.39, 0.29) is 13.2 Å². The summed E-state index contributed by atoms with van der Waals surface area (Å²) in [7, 11) is 0. The molecule has 1 aromatic rings. The Labute approximate surface area is 113 Å². The van der Waals surface area contributed by atoms with Gasteiger partial charge >= 0.3 is 0 Å². The highest BCUT2D eigenvalue weighted by atomic mass is 16.3. The average molecular weight is 254 g/mol. The Hall–Kier alpha value is -0.860. The summed E-state index contributed by atoms with van der Waals surface area (Å²) in [5.74, 6) is 0. The fourth-order valence-electron chi connectivity index (χ4n) is 1.72. The van der Waals surface area contributed by atoms with Crippen LogP contribution in [0.15, 0.2) is 12.1 Å². The summed E-state index contributed by atoms with van der Waals surface area (Å²) in [6.45, 7) is 12.5. The molecular weight excluding hydrogens is 224 g/mol. The van der Waals surface area contributed by atoms with E-state index in [9.17, 15) is 0 Å². The van der Waals surface area contributed by atoms with Gasteiger partial charge in [0.05, 0.1) is 0 Å². The first-order valence-corrected chi connectivity index (χ1v) is 6.99. The Balaban J connectivity index is 0. The number of aliphatic hydroxyl groups is 2. The number of aryl methyl sites for hydroxylation is 2. The van der Waals surface area contributed by atoms with Gasteiger partial charge < -0.3 is 10.2 Å². The van der Waals surface area contributed by atoms with Crippen LogP contribution in [0.2, 0.25) is 0 Å². The van der Waals surface area contributed by atoms with E-state index in [2.05, 4.69) is 12.1 Å². The van der Waals surface area contributed by atoms with E-state index in [0.29, 0.717) is 12.8 Å². The Morgan fingerprint density at radius 3 is 1.22 bits per heavy atom. The summed E-state index contributed by atoms with van der Waals surface area (Å²) in [6, 6.07) is 4.22. The van der Waals surface area contributed by atoms with E-state index in [0.717, 1.165) is 0 Å². The summed E-state index contributed by atoms with van der Waals surface area (Å²) in [4.78, 5) is 0. The molecule has 0 radical (unpaired) electrons. The van der Waals surface area contributed by atoms with Crippen LogP contribution in [0, 0.1) is 13.8 Å². The molecule has 0 saturated heterocycles. The van der Waals surface area contributed by atoms with Crippen molar-refractivity contribution in [2.45, 2.75) is 54.4 Å². The van der Waals surface area contributed by atoms with Crippen molar-refractivity contribution in [3.63, 3.8) is 0 Å². The maximum atomic E-state index is 8.87. The molecule has 2 N–H and O–H groups in total. The second-order valence-corrected chi connectivity index (χ2v) is 3.65. The normalized spacial score (nSPS) is 8.89. The van der Waals surface area contributed by atoms with Crippen LogP contribution < -0.4 is 0 Å². The quantitative estimate of drug-likeness (QED) is 0.864. The van der Waals surface area contributed by atoms with Crippen LogP contribution >= 0.6 is 0 Å². The van der Waals surface area contributed by atoms with Crippen LogP contribution in [0.1, 0.15) is 49.9 Å². The summed E-state index contributed by atoms with van der Waals surface area (Å²) < 4.78 is 0. The van der Waals surface area contributed by atoms with Crippen molar-refractivity contribution < 1.29 is 10.2 Å². The molecular formula is C16H30O2. The zero-order chi connectivity index (χ0) is 14.6. The van der Waals surface area contributed by atoms with Crippen LogP contribution in [0.3, 0.4) is 0 Å². The molecule has 0 saturated carbocycles. The van der Waals surface area contributed by atoms with Crippen LogP contribution in [0.25, 0.3) is 0 Å². The molecule has 0 aromatic heterocycles. The minimum absolute atomic E-state index is 0.194. The maximum Gasteiger partial charge on any atom is 0.0471 e. The average Bonchev–Trinajstić information content (AvgIpc) is 2.41. The van der Waals surface area contributed by atoms with Crippen molar-refractivity contribution in [2.24, 2.45) is 0 Å². The van der Waals surface area contributed by atoms with E-state index in [4.69, 9.17) is 10.2 Å². The molecule has 106 valence electrons. The maximum absolute atomic E-state index is 8.87. The van der Waals surface area contributed by atoms with Crippen molar-refractivity contribution in [2.75, 3.05) is 13.2 Å².